The third-order valence-electron chi connectivity index (χ3n) is 10.5. The number of allylic oxidation sites excluding steroid dienone is 4. The van der Waals surface area contributed by atoms with Crippen molar-refractivity contribution >= 4 is 0 Å². The van der Waals surface area contributed by atoms with E-state index in [1.807, 2.05) is 6.92 Å². The molecule has 9 atom stereocenters. The van der Waals surface area contributed by atoms with Crippen LogP contribution in [0.25, 0.3) is 0 Å². The van der Waals surface area contributed by atoms with Crippen LogP contribution in [0.2, 0.25) is 0 Å². The van der Waals surface area contributed by atoms with Crippen LogP contribution in [0.4, 0.5) is 0 Å². The number of rotatable bonds is 4. The molecular weight excluding hydrogens is 352 g/mol. The molecule has 0 aromatic carbocycles. The van der Waals surface area contributed by atoms with Crippen LogP contribution < -0.4 is 0 Å². The van der Waals surface area contributed by atoms with Gasteiger partial charge in [-0.2, -0.15) is 0 Å². The summed E-state index contributed by atoms with van der Waals surface area (Å²) < 4.78 is 0. The topological polar surface area (TPSA) is 20.2 Å². The number of hydrogen-bond donors (Lipinski definition) is 1. The average molecular weight is 397 g/mol. The van der Waals surface area contributed by atoms with Gasteiger partial charge in [-0.3, -0.25) is 0 Å². The SMILES string of the molecule is C=C(C)C(=C)C=C[C@@H](C)[C@H]1CC[C@H]2[C@@H]3CCC4CC(O)CC[C@]4(C)[C@H]3CC[C@]12C. The van der Waals surface area contributed by atoms with Crippen LogP contribution >= 0.6 is 0 Å². The molecule has 162 valence electrons. The fraction of sp³-hybridized carbons (Fsp3) is 0.786. The Kier molecular flexibility index (Phi) is 5.69. The lowest BCUT2D eigenvalue weighted by atomic mass is 9.44. The molecular formula is C28H44O. The van der Waals surface area contributed by atoms with Gasteiger partial charge in [-0.1, -0.05) is 51.7 Å². The van der Waals surface area contributed by atoms with E-state index in [0.29, 0.717) is 16.7 Å². The Morgan fingerprint density at radius 3 is 2.38 bits per heavy atom. The first-order chi connectivity index (χ1) is 13.7. The first kappa shape index (κ1) is 21.4. The van der Waals surface area contributed by atoms with Crippen molar-refractivity contribution in [1.82, 2.24) is 0 Å². The van der Waals surface area contributed by atoms with Gasteiger partial charge in [0.05, 0.1) is 6.10 Å². The summed E-state index contributed by atoms with van der Waals surface area (Å²) >= 11 is 0. The average Bonchev–Trinajstić information content (AvgIpc) is 3.03. The van der Waals surface area contributed by atoms with Gasteiger partial charge in [0.1, 0.15) is 0 Å². The second-order valence-electron chi connectivity index (χ2n) is 11.8. The van der Waals surface area contributed by atoms with Crippen LogP contribution in [0.5, 0.6) is 0 Å². The molecule has 0 spiro atoms. The summed E-state index contributed by atoms with van der Waals surface area (Å²) in [5.74, 6) is 4.94. The lowest BCUT2D eigenvalue weighted by Crippen LogP contribution is -2.54. The Balaban J connectivity index is 1.51. The monoisotopic (exact) mass is 396 g/mol. The van der Waals surface area contributed by atoms with Crippen molar-refractivity contribution in [3.63, 3.8) is 0 Å². The number of hydrogen-bond acceptors (Lipinski definition) is 1. The Bertz CT molecular complexity index is 688. The van der Waals surface area contributed by atoms with Crippen molar-refractivity contribution in [3.8, 4) is 0 Å². The van der Waals surface area contributed by atoms with E-state index in [1.165, 1.54) is 44.9 Å². The highest BCUT2D eigenvalue weighted by Crippen LogP contribution is 2.68. The fourth-order valence-electron chi connectivity index (χ4n) is 8.68. The molecule has 4 saturated carbocycles. The van der Waals surface area contributed by atoms with E-state index in [1.54, 1.807) is 0 Å². The molecule has 1 heteroatoms. The first-order valence-electron chi connectivity index (χ1n) is 12.4. The predicted molar refractivity (Wildman–Crippen MR) is 123 cm³/mol. The van der Waals surface area contributed by atoms with E-state index in [4.69, 9.17) is 0 Å². The zero-order chi connectivity index (χ0) is 21.0. The van der Waals surface area contributed by atoms with Gasteiger partial charge in [-0.05, 0) is 117 Å². The molecule has 4 aliphatic carbocycles. The van der Waals surface area contributed by atoms with Gasteiger partial charge in [-0.15, -0.1) is 0 Å². The predicted octanol–water partition coefficient (Wildman–Crippen LogP) is 7.33. The molecule has 29 heavy (non-hydrogen) atoms. The maximum atomic E-state index is 10.3. The molecule has 0 aliphatic heterocycles. The summed E-state index contributed by atoms with van der Waals surface area (Å²) in [6.07, 6.45) is 16.4. The maximum absolute atomic E-state index is 10.3. The minimum absolute atomic E-state index is 0.0315. The molecule has 4 rings (SSSR count). The zero-order valence-electron chi connectivity index (χ0n) is 19.4. The Hall–Kier alpha value is -0.820. The lowest BCUT2D eigenvalue weighted by Gasteiger charge is -2.61. The van der Waals surface area contributed by atoms with E-state index in [2.05, 4.69) is 46.1 Å². The third kappa shape index (κ3) is 3.50. The quantitative estimate of drug-likeness (QED) is 0.493. The molecule has 2 unspecified atom stereocenters. The molecule has 4 aliphatic rings. The van der Waals surface area contributed by atoms with Crippen molar-refractivity contribution in [2.45, 2.75) is 91.6 Å². The summed E-state index contributed by atoms with van der Waals surface area (Å²) in [5, 5.41) is 10.3. The molecule has 0 bridgehead atoms. The normalized spacial score (nSPS) is 47.9. The standard InChI is InChI=1S/C28H44O/c1-18(2)19(3)7-8-20(4)24-11-12-25-23-10-9-21-17-22(29)13-15-27(21,5)26(23)14-16-28(24,25)6/h7-8,20-26,29H,1,3,9-17H2,2,4-6H3/t20-,21?,22?,23+,24-,25+,26+,27+,28-/m1/s1. The van der Waals surface area contributed by atoms with Crippen LogP contribution in [-0.4, -0.2) is 11.2 Å². The van der Waals surface area contributed by atoms with Crippen molar-refractivity contribution in [2.24, 2.45) is 46.3 Å². The Morgan fingerprint density at radius 1 is 0.966 bits per heavy atom. The third-order valence-corrected chi connectivity index (χ3v) is 10.5. The lowest BCUT2D eigenvalue weighted by molar-refractivity contribution is -0.128. The number of aliphatic hydroxyl groups excluding tert-OH is 1. The van der Waals surface area contributed by atoms with Gasteiger partial charge in [0.15, 0.2) is 0 Å². The molecule has 1 N–H and O–H groups in total. The number of aliphatic hydroxyl groups is 1. The minimum Gasteiger partial charge on any atom is -0.393 e. The molecule has 0 aromatic heterocycles. The summed E-state index contributed by atoms with van der Waals surface area (Å²) in [6, 6.07) is 0. The smallest absolute Gasteiger partial charge is 0.0543 e. The van der Waals surface area contributed by atoms with E-state index in [9.17, 15) is 5.11 Å². The van der Waals surface area contributed by atoms with Crippen LogP contribution in [0.1, 0.15) is 85.5 Å². The van der Waals surface area contributed by atoms with E-state index in [-0.39, 0.29) is 6.10 Å². The highest BCUT2D eigenvalue weighted by molar-refractivity contribution is 5.33. The molecule has 0 amide bonds. The fourth-order valence-corrected chi connectivity index (χ4v) is 8.68. The second kappa shape index (κ2) is 7.70. The maximum Gasteiger partial charge on any atom is 0.0543 e. The van der Waals surface area contributed by atoms with Gasteiger partial charge in [0, 0.05) is 0 Å². The zero-order valence-corrected chi connectivity index (χ0v) is 19.4. The van der Waals surface area contributed by atoms with Gasteiger partial charge in [0.2, 0.25) is 0 Å². The van der Waals surface area contributed by atoms with E-state index >= 15 is 0 Å². The molecule has 0 saturated heterocycles. The van der Waals surface area contributed by atoms with Gasteiger partial charge in [-0.25, -0.2) is 0 Å². The van der Waals surface area contributed by atoms with Crippen LogP contribution in [0.3, 0.4) is 0 Å². The van der Waals surface area contributed by atoms with Crippen molar-refractivity contribution in [1.29, 1.82) is 0 Å². The van der Waals surface area contributed by atoms with Crippen LogP contribution in [0, 0.1) is 46.3 Å². The molecule has 0 aromatic rings. The summed E-state index contributed by atoms with van der Waals surface area (Å²) in [4.78, 5) is 0. The molecule has 0 heterocycles. The second-order valence-corrected chi connectivity index (χ2v) is 11.8. The molecule has 1 nitrogen and oxygen atoms in total. The van der Waals surface area contributed by atoms with Gasteiger partial charge in [0.25, 0.3) is 0 Å². The highest BCUT2D eigenvalue weighted by atomic mass is 16.3. The van der Waals surface area contributed by atoms with Crippen molar-refractivity contribution in [3.05, 3.63) is 36.5 Å². The molecule has 0 radical (unpaired) electrons. The summed E-state index contributed by atoms with van der Waals surface area (Å²) in [7, 11) is 0. The van der Waals surface area contributed by atoms with Crippen LogP contribution in [0.15, 0.2) is 36.5 Å². The Labute approximate surface area is 179 Å². The first-order valence-corrected chi connectivity index (χ1v) is 12.4. The summed E-state index contributed by atoms with van der Waals surface area (Å²) in [6.45, 7) is 17.9. The van der Waals surface area contributed by atoms with Crippen LogP contribution in [-0.2, 0) is 0 Å². The largest absolute Gasteiger partial charge is 0.393 e. The van der Waals surface area contributed by atoms with Crippen molar-refractivity contribution in [2.75, 3.05) is 0 Å². The van der Waals surface area contributed by atoms with Gasteiger partial charge < -0.3 is 5.11 Å². The highest BCUT2D eigenvalue weighted by Gasteiger charge is 2.60. The summed E-state index contributed by atoms with van der Waals surface area (Å²) in [5.41, 5.74) is 3.15. The van der Waals surface area contributed by atoms with E-state index in [0.717, 1.165) is 53.6 Å². The van der Waals surface area contributed by atoms with Crippen molar-refractivity contribution < 1.29 is 5.11 Å². The van der Waals surface area contributed by atoms with E-state index < -0.39 is 0 Å². The number of fused-ring (bicyclic) bond motifs is 5. The minimum atomic E-state index is -0.0315. The Morgan fingerprint density at radius 2 is 1.66 bits per heavy atom. The molecule has 4 fully saturated rings. The van der Waals surface area contributed by atoms with Gasteiger partial charge >= 0.3 is 0 Å².